The Morgan fingerprint density at radius 2 is 2.35 bits per heavy atom. The topological polar surface area (TPSA) is 69.6 Å². The molecule has 2 N–H and O–H groups in total. The predicted octanol–water partition coefficient (Wildman–Crippen LogP) is 0.442. The number of piperazine rings is 1. The number of aliphatic hydroxyl groups is 1. The van der Waals surface area contributed by atoms with E-state index < -0.39 is 5.54 Å². The number of hydrogen-bond acceptors (Lipinski definition) is 4. The van der Waals surface area contributed by atoms with Crippen molar-refractivity contribution < 1.29 is 14.7 Å². The SMILES string of the molecule is CC1(C)C(=O)NCCN1C(=O)c1sccc1C#CCO. The lowest BCUT2D eigenvalue weighted by Crippen LogP contribution is -2.63. The van der Waals surface area contributed by atoms with Gasteiger partial charge in [0.2, 0.25) is 5.91 Å². The van der Waals surface area contributed by atoms with Crippen LogP contribution in [0, 0.1) is 11.8 Å². The summed E-state index contributed by atoms with van der Waals surface area (Å²) in [4.78, 5) is 26.6. The highest BCUT2D eigenvalue weighted by Gasteiger charge is 2.41. The molecule has 6 heteroatoms. The second-order valence-corrected chi connectivity index (χ2v) is 5.81. The summed E-state index contributed by atoms with van der Waals surface area (Å²) in [5, 5.41) is 13.3. The lowest BCUT2D eigenvalue weighted by Gasteiger charge is -2.41. The van der Waals surface area contributed by atoms with E-state index in [9.17, 15) is 9.59 Å². The number of hydrogen-bond donors (Lipinski definition) is 2. The number of nitrogens with one attached hydrogen (secondary N) is 1. The maximum absolute atomic E-state index is 12.6. The van der Waals surface area contributed by atoms with Crippen molar-refractivity contribution in [3.63, 3.8) is 0 Å². The molecule has 0 saturated carbocycles. The normalized spacial score (nSPS) is 17.1. The average molecular weight is 292 g/mol. The zero-order chi connectivity index (χ0) is 14.8. The lowest BCUT2D eigenvalue weighted by atomic mass is 9.98. The van der Waals surface area contributed by atoms with Crippen LogP contribution in [0.5, 0.6) is 0 Å². The molecule has 5 nitrogen and oxygen atoms in total. The van der Waals surface area contributed by atoms with Crippen molar-refractivity contribution in [2.75, 3.05) is 19.7 Å². The summed E-state index contributed by atoms with van der Waals surface area (Å²) in [5.41, 5.74) is -0.281. The third-order valence-electron chi connectivity index (χ3n) is 3.26. The van der Waals surface area contributed by atoms with E-state index in [0.29, 0.717) is 23.5 Å². The van der Waals surface area contributed by atoms with E-state index in [1.54, 1.807) is 30.2 Å². The first-order valence-electron chi connectivity index (χ1n) is 6.26. The second kappa shape index (κ2) is 5.65. The van der Waals surface area contributed by atoms with Crippen LogP contribution in [0.15, 0.2) is 11.4 Å². The summed E-state index contributed by atoms with van der Waals surface area (Å²) in [6.07, 6.45) is 0. The van der Waals surface area contributed by atoms with E-state index in [4.69, 9.17) is 5.11 Å². The number of nitrogens with zero attached hydrogens (tertiary/aromatic N) is 1. The molecule has 0 aliphatic carbocycles. The minimum Gasteiger partial charge on any atom is -0.384 e. The Kier molecular flexibility index (Phi) is 4.12. The van der Waals surface area contributed by atoms with Crippen LogP contribution in [0.2, 0.25) is 0 Å². The third-order valence-corrected chi connectivity index (χ3v) is 4.16. The molecule has 106 valence electrons. The van der Waals surface area contributed by atoms with Gasteiger partial charge in [0, 0.05) is 18.7 Å². The van der Waals surface area contributed by atoms with Crippen molar-refractivity contribution in [3.8, 4) is 11.8 Å². The van der Waals surface area contributed by atoms with Crippen molar-refractivity contribution in [1.29, 1.82) is 0 Å². The second-order valence-electron chi connectivity index (χ2n) is 4.89. The molecular formula is C14H16N2O3S. The van der Waals surface area contributed by atoms with E-state index in [1.165, 1.54) is 11.3 Å². The van der Waals surface area contributed by atoms with Gasteiger partial charge in [0.1, 0.15) is 17.0 Å². The Bertz CT molecular complexity index is 595. The molecule has 20 heavy (non-hydrogen) atoms. The summed E-state index contributed by atoms with van der Waals surface area (Å²) < 4.78 is 0. The summed E-state index contributed by atoms with van der Waals surface area (Å²) in [5.74, 6) is 4.96. The average Bonchev–Trinajstić information content (AvgIpc) is 2.87. The van der Waals surface area contributed by atoms with Gasteiger partial charge in [-0.1, -0.05) is 11.8 Å². The highest BCUT2D eigenvalue weighted by Crippen LogP contribution is 2.25. The van der Waals surface area contributed by atoms with Gasteiger partial charge in [0.25, 0.3) is 5.91 Å². The fourth-order valence-corrected chi connectivity index (χ4v) is 2.88. The highest BCUT2D eigenvalue weighted by atomic mass is 32.1. The van der Waals surface area contributed by atoms with Gasteiger partial charge < -0.3 is 15.3 Å². The number of rotatable bonds is 1. The van der Waals surface area contributed by atoms with Crippen LogP contribution in [0.1, 0.15) is 29.1 Å². The van der Waals surface area contributed by atoms with Crippen LogP contribution in [0.3, 0.4) is 0 Å². The monoisotopic (exact) mass is 292 g/mol. The van der Waals surface area contributed by atoms with Gasteiger partial charge in [-0.05, 0) is 25.3 Å². The van der Waals surface area contributed by atoms with Gasteiger partial charge in [0.15, 0.2) is 0 Å². The summed E-state index contributed by atoms with van der Waals surface area (Å²) in [6.45, 7) is 4.14. The van der Waals surface area contributed by atoms with Crippen LogP contribution in [-0.2, 0) is 4.79 Å². The third kappa shape index (κ3) is 2.55. The standard InChI is InChI=1S/C14H16N2O3S/c1-14(2)13(19)15-6-7-16(14)12(18)11-10(4-3-8-17)5-9-20-11/h5,9,17H,6-8H2,1-2H3,(H,15,19). The Morgan fingerprint density at radius 3 is 3.05 bits per heavy atom. The molecule has 1 aliphatic rings. The van der Waals surface area contributed by atoms with Gasteiger partial charge in [-0.3, -0.25) is 9.59 Å². The summed E-state index contributed by atoms with van der Waals surface area (Å²) in [6, 6.07) is 1.75. The van der Waals surface area contributed by atoms with Gasteiger partial charge in [0.05, 0.1) is 0 Å². The molecule has 2 rings (SSSR count). The van der Waals surface area contributed by atoms with E-state index >= 15 is 0 Å². The minimum atomic E-state index is -0.874. The van der Waals surface area contributed by atoms with E-state index in [0.717, 1.165) is 0 Å². The maximum Gasteiger partial charge on any atom is 0.266 e. The van der Waals surface area contributed by atoms with Crippen molar-refractivity contribution >= 4 is 23.2 Å². The maximum atomic E-state index is 12.6. The Balaban J connectivity index is 2.32. The Morgan fingerprint density at radius 1 is 1.60 bits per heavy atom. The fourth-order valence-electron chi connectivity index (χ4n) is 2.09. The molecule has 1 aromatic rings. The van der Waals surface area contributed by atoms with Crippen molar-refractivity contribution in [3.05, 3.63) is 21.9 Å². The van der Waals surface area contributed by atoms with Crippen molar-refractivity contribution in [1.82, 2.24) is 10.2 Å². The predicted molar refractivity (Wildman–Crippen MR) is 76.4 cm³/mol. The molecule has 1 saturated heterocycles. The van der Waals surface area contributed by atoms with E-state index in [1.807, 2.05) is 0 Å². The first kappa shape index (κ1) is 14.6. The quantitative estimate of drug-likeness (QED) is 0.738. The first-order valence-corrected chi connectivity index (χ1v) is 7.14. The lowest BCUT2D eigenvalue weighted by molar-refractivity contribution is -0.133. The van der Waals surface area contributed by atoms with E-state index in [2.05, 4.69) is 17.2 Å². The van der Waals surface area contributed by atoms with Crippen molar-refractivity contribution in [2.45, 2.75) is 19.4 Å². The van der Waals surface area contributed by atoms with E-state index in [-0.39, 0.29) is 18.4 Å². The van der Waals surface area contributed by atoms with Gasteiger partial charge >= 0.3 is 0 Å². The van der Waals surface area contributed by atoms with Crippen LogP contribution in [0.25, 0.3) is 0 Å². The molecule has 2 heterocycles. The number of carbonyl (C=O) groups is 2. The smallest absolute Gasteiger partial charge is 0.266 e. The number of carbonyl (C=O) groups excluding carboxylic acids is 2. The highest BCUT2D eigenvalue weighted by molar-refractivity contribution is 7.12. The summed E-state index contributed by atoms with van der Waals surface area (Å²) >= 11 is 1.30. The molecule has 1 aliphatic heterocycles. The van der Waals surface area contributed by atoms with Crippen LogP contribution in [-0.4, -0.2) is 47.1 Å². The molecule has 0 radical (unpaired) electrons. The molecule has 0 atom stereocenters. The van der Waals surface area contributed by atoms with Crippen LogP contribution < -0.4 is 5.32 Å². The molecule has 1 aromatic heterocycles. The molecule has 0 unspecified atom stereocenters. The zero-order valence-electron chi connectivity index (χ0n) is 11.4. The van der Waals surface area contributed by atoms with Gasteiger partial charge in [-0.15, -0.1) is 11.3 Å². The summed E-state index contributed by atoms with van der Waals surface area (Å²) in [7, 11) is 0. The molecule has 2 amide bonds. The van der Waals surface area contributed by atoms with Gasteiger partial charge in [-0.25, -0.2) is 0 Å². The molecule has 0 aromatic carbocycles. The first-order chi connectivity index (χ1) is 9.48. The molecule has 0 spiro atoms. The molecular weight excluding hydrogens is 276 g/mol. The zero-order valence-corrected chi connectivity index (χ0v) is 12.2. The minimum absolute atomic E-state index is 0.156. The van der Waals surface area contributed by atoms with Crippen molar-refractivity contribution in [2.24, 2.45) is 0 Å². The fraction of sp³-hybridized carbons (Fsp3) is 0.429. The van der Waals surface area contributed by atoms with Gasteiger partial charge in [-0.2, -0.15) is 0 Å². The molecule has 0 bridgehead atoms. The Labute approximate surface area is 121 Å². The Hall–Kier alpha value is -1.84. The number of amides is 2. The number of aliphatic hydroxyl groups excluding tert-OH is 1. The molecule has 1 fully saturated rings. The van der Waals surface area contributed by atoms with Crippen LogP contribution >= 0.6 is 11.3 Å². The van der Waals surface area contributed by atoms with Crippen LogP contribution in [0.4, 0.5) is 0 Å². The number of thiophene rings is 1. The largest absolute Gasteiger partial charge is 0.384 e.